The molecule has 20 heavy (non-hydrogen) atoms. The molecule has 0 atom stereocenters. The molecule has 1 fully saturated rings. The summed E-state index contributed by atoms with van der Waals surface area (Å²) >= 11 is 0. The molecule has 0 bridgehead atoms. The van der Waals surface area contributed by atoms with Crippen LogP contribution in [0.2, 0.25) is 0 Å². The molecule has 0 spiro atoms. The van der Waals surface area contributed by atoms with Gasteiger partial charge in [0.25, 0.3) is 0 Å². The van der Waals surface area contributed by atoms with E-state index in [0.29, 0.717) is 5.56 Å². The quantitative estimate of drug-likeness (QED) is 0.895. The molecule has 0 unspecified atom stereocenters. The Morgan fingerprint density at radius 3 is 2.45 bits per heavy atom. The first-order valence-electron chi connectivity index (χ1n) is 6.42. The lowest BCUT2D eigenvalue weighted by Crippen LogP contribution is -2.40. The van der Waals surface area contributed by atoms with Gasteiger partial charge in [-0.2, -0.15) is 0 Å². The number of rotatable bonds is 3. The summed E-state index contributed by atoms with van der Waals surface area (Å²) in [6.45, 7) is 1.66. The van der Waals surface area contributed by atoms with Crippen molar-refractivity contribution in [3.63, 3.8) is 0 Å². The predicted molar refractivity (Wildman–Crippen MR) is 78.9 cm³/mol. The van der Waals surface area contributed by atoms with Crippen molar-refractivity contribution in [1.29, 1.82) is 0 Å². The van der Waals surface area contributed by atoms with Gasteiger partial charge >= 0.3 is 0 Å². The van der Waals surface area contributed by atoms with Crippen LogP contribution in [0.15, 0.2) is 23.1 Å². The molecule has 114 valence electrons. The summed E-state index contributed by atoms with van der Waals surface area (Å²) < 4.78 is 40.3. The average Bonchev–Trinajstić information content (AvgIpc) is 2.35. The third-order valence-corrected chi connectivity index (χ3v) is 5.20. The number of benzene rings is 1. The van der Waals surface area contributed by atoms with Crippen LogP contribution in [0.25, 0.3) is 0 Å². The zero-order valence-corrected chi connectivity index (χ0v) is 12.9. The Hall–Kier alpha value is -0.690. The highest BCUT2D eigenvalue weighted by atomic mass is 35.5. The van der Waals surface area contributed by atoms with E-state index in [9.17, 15) is 12.8 Å². The van der Waals surface area contributed by atoms with E-state index < -0.39 is 15.8 Å². The van der Waals surface area contributed by atoms with Crippen LogP contribution in [0.1, 0.15) is 31.2 Å². The van der Waals surface area contributed by atoms with Gasteiger partial charge in [-0.05, 0) is 50.3 Å². The van der Waals surface area contributed by atoms with Gasteiger partial charge in [0.05, 0.1) is 4.90 Å². The topological polar surface area (TPSA) is 72.2 Å². The highest BCUT2D eigenvalue weighted by Gasteiger charge is 2.25. The number of nitrogens with one attached hydrogen (secondary N) is 1. The SMILES string of the molecule is Cc1ccc(F)cc1S(=O)(=O)NC1CCC(N)CC1.Cl. The summed E-state index contributed by atoms with van der Waals surface area (Å²) in [6, 6.07) is 3.85. The molecule has 1 aliphatic carbocycles. The van der Waals surface area contributed by atoms with E-state index in [1.165, 1.54) is 12.1 Å². The molecule has 0 amide bonds. The zero-order chi connectivity index (χ0) is 14.0. The van der Waals surface area contributed by atoms with Gasteiger partial charge in [-0.15, -0.1) is 12.4 Å². The zero-order valence-electron chi connectivity index (χ0n) is 11.3. The Bertz CT molecular complexity index is 557. The standard InChI is InChI=1S/C13H19FN2O2S.ClH/c1-9-2-3-10(14)8-13(9)19(17,18)16-12-6-4-11(15)5-7-12;/h2-3,8,11-12,16H,4-7,15H2,1H3;1H. The number of aryl methyl sites for hydroxylation is 1. The van der Waals surface area contributed by atoms with Crippen LogP contribution in [0, 0.1) is 12.7 Å². The normalized spacial score (nSPS) is 23.1. The fraction of sp³-hybridized carbons (Fsp3) is 0.538. The number of hydrogen-bond acceptors (Lipinski definition) is 3. The molecule has 4 nitrogen and oxygen atoms in total. The minimum Gasteiger partial charge on any atom is -0.328 e. The molecule has 1 saturated carbocycles. The fourth-order valence-corrected chi connectivity index (χ4v) is 3.94. The smallest absolute Gasteiger partial charge is 0.241 e. The lowest BCUT2D eigenvalue weighted by Gasteiger charge is -2.26. The summed E-state index contributed by atoms with van der Waals surface area (Å²) in [5, 5.41) is 0. The van der Waals surface area contributed by atoms with Gasteiger partial charge in [-0.25, -0.2) is 17.5 Å². The van der Waals surface area contributed by atoms with Crippen LogP contribution in [-0.2, 0) is 10.0 Å². The molecule has 1 aromatic rings. The molecule has 7 heteroatoms. The summed E-state index contributed by atoms with van der Waals surface area (Å²) in [4.78, 5) is 0.0161. The van der Waals surface area contributed by atoms with Gasteiger partial charge in [0.15, 0.2) is 0 Å². The maximum absolute atomic E-state index is 13.2. The monoisotopic (exact) mass is 322 g/mol. The average molecular weight is 323 g/mol. The largest absolute Gasteiger partial charge is 0.328 e. The van der Waals surface area contributed by atoms with Crippen molar-refractivity contribution in [2.45, 2.75) is 49.6 Å². The molecular weight excluding hydrogens is 303 g/mol. The van der Waals surface area contributed by atoms with Gasteiger partial charge < -0.3 is 5.73 Å². The number of sulfonamides is 1. The van der Waals surface area contributed by atoms with Crippen molar-refractivity contribution >= 4 is 22.4 Å². The van der Waals surface area contributed by atoms with Gasteiger partial charge in [-0.3, -0.25) is 0 Å². The lowest BCUT2D eigenvalue weighted by atomic mass is 9.93. The van der Waals surface area contributed by atoms with Crippen molar-refractivity contribution in [2.75, 3.05) is 0 Å². The first kappa shape index (κ1) is 17.4. The Morgan fingerprint density at radius 2 is 1.85 bits per heavy atom. The molecule has 1 aromatic carbocycles. The maximum atomic E-state index is 13.2. The molecule has 0 aromatic heterocycles. The molecule has 3 N–H and O–H groups in total. The maximum Gasteiger partial charge on any atom is 0.241 e. The molecule has 0 radical (unpaired) electrons. The Labute approximate surface area is 125 Å². The molecule has 0 heterocycles. The second-order valence-electron chi connectivity index (χ2n) is 5.14. The molecular formula is C13H20ClFN2O2S. The van der Waals surface area contributed by atoms with E-state index in [1.54, 1.807) is 6.92 Å². The molecule has 1 aliphatic rings. The summed E-state index contributed by atoms with van der Waals surface area (Å²) in [5.74, 6) is -0.545. The van der Waals surface area contributed by atoms with E-state index in [4.69, 9.17) is 5.73 Å². The van der Waals surface area contributed by atoms with E-state index >= 15 is 0 Å². The van der Waals surface area contributed by atoms with Crippen molar-refractivity contribution in [2.24, 2.45) is 5.73 Å². The lowest BCUT2D eigenvalue weighted by molar-refractivity contribution is 0.373. The minimum atomic E-state index is -3.66. The second kappa shape index (κ2) is 6.85. The highest BCUT2D eigenvalue weighted by molar-refractivity contribution is 7.89. The molecule has 2 rings (SSSR count). The van der Waals surface area contributed by atoms with Crippen molar-refractivity contribution in [3.8, 4) is 0 Å². The first-order valence-corrected chi connectivity index (χ1v) is 7.91. The summed E-state index contributed by atoms with van der Waals surface area (Å²) in [5.41, 5.74) is 6.33. The van der Waals surface area contributed by atoms with Crippen LogP contribution < -0.4 is 10.5 Å². The van der Waals surface area contributed by atoms with Crippen LogP contribution in [-0.4, -0.2) is 20.5 Å². The van der Waals surface area contributed by atoms with Crippen LogP contribution >= 0.6 is 12.4 Å². The number of halogens is 2. The van der Waals surface area contributed by atoms with E-state index in [2.05, 4.69) is 4.72 Å². The highest BCUT2D eigenvalue weighted by Crippen LogP contribution is 2.21. The Kier molecular flexibility index (Phi) is 5.94. The fourth-order valence-electron chi connectivity index (χ4n) is 2.38. The third kappa shape index (κ3) is 4.15. The van der Waals surface area contributed by atoms with Gasteiger partial charge in [-0.1, -0.05) is 6.07 Å². The second-order valence-corrected chi connectivity index (χ2v) is 6.83. The van der Waals surface area contributed by atoms with Crippen molar-refractivity contribution in [1.82, 2.24) is 4.72 Å². The van der Waals surface area contributed by atoms with Crippen LogP contribution in [0.4, 0.5) is 4.39 Å². The van der Waals surface area contributed by atoms with Gasteiger partial charge in [0.1, 0.15) is 5.82 Å². The van der Waals surface area contributed by atoms with Crippen LogP contribution in [0.5, 0.6) is 0 Å². The van der Waals surface area contributed by atoms with Gasteiger partial charge in [0.2, 0.25) is 10.0 Å². The first-order chi connectivity index (χ1) is 8.88. The van der Waals surface area contributed by atoms with Crippen molar-refractivity contribution in [3.05, 3.63) is 29.6 Å². The number of hydrogen-bond donors (Lipinski definition) is 2. The number of nitrogens with two attached hydrogens (primary N) is 1. The van der Waals surface area contributed by atoms with Crippen molar-refractivity contribution < 1.29 is 12.8 Å². The summed E-state index contributed by atoms with van der Waals surface area (Å²) in [7, 11) is -3.66. The Balaban J connectivity index is 0.00000200. The van der Waals surface area contributed by atoms with Gasteiger partial charge in [0, 0.05) is 12.1 Å². The minimum absolute atomic E-state index is 0. The van der Waals surface area contributed by atoms with E-state index in [-0.39, 0.29) is 29.4 Å². The van der Waals surface area contributed by atoms with E-state index in [1.807, 2.05) is 0 Å². The third-order valence-electron chi connectivity index (χ3n) is 3.53. The Morgan fingerprint density at radius 1 is 1.25 bits per heavy atom. The predicted octanol–water partition coefficient (Wildman–Crippen LogP) is 2.10. The molecule has 0 saturated heterocycles. The van der Waals surface area contributed by atoms with E-state index in [0.717, 1.165) is 31.7 Å². The molecule has 0 aliphatic heterocycles. The summed E-state index contributed by atoms with van der Waals surface area (Å²) in [6.07, 6.45) is 3.09. The van der Waals surface area contributed by atoms with Crippen LogP contribution in [0.3, 0.4) is 0 Å².